The maximum Gasteiger partial charge on any atom is 0.251 e. The number of carbonyl (C=O) groups is 2. The Morgan fingerprint density at radius 2 is 1.81 bits per heavy atom. The molecule has 0 unspecified atom stereocenters. The van der Waals surface area contributed by atoms with E-state index in [2.05, 4.69) is 15.7 Å². The van der Waals surface area contributed by atoms with E-state index in [1.807, 2.05) is 40.7 Å². The Kier molecular flexibility index (Phi) is 5.36. The van der Waals surface area contributed by atoms with Gasteiger partial charge in [0, 0.05) is 17.0 Å². The molecule has 166 valence electrons. The standard InChI is InChI=1S/C25H27FN4O2/c1-14-7-6-8-17(13-14)23(31)27-21-20(16-9-11-18(26)12-10-16)19-15(2)29-30(25(3,4)5)22(19)28-24(21)32/h6-13,20-21H,1-5H3,(H,27,31)(H,28,32)/t20-,21-/m0/s1. The first kappa shape index (κ1) is 21.7. The van der Waals surface area contributed by atoms with Crippen LogP contribution in [0.15, 0.2) is 48.5 Å². The van der Waals surface area contributed by atoms with Crippen LogP contribution >= 0.6 is 0 Å². The first-order valence-corrected chi connectivity index (χ1v) is 10.6. The monoisotopic (exact) mass is 434 g/mol. The molecule has 6 nitrogen and oxygen atoms in total. The minimum Gasteiger partial charge on any atom is -0.339 e. The minimum atomic E-state index is -0.878. The molecule has 3 aromatic rings. The molecule has 2 aromatic carbocycles. The third kappa shape index (κ3) is 3.90. The molecule has 2 amide bonds. The van der Waals surface area contributed by atoms with E-state index in [0.29, 0.717) is 11.4 Å². The molecule has 32 heavy (non-hydrogen) atoms. The lowest BCUT2D eigenvalue weighted by atomic mass is 9.81. The fourth-order valence-electron chi connectivity index (χ4n) is 4.22. The van der Waals surface area contributed by atoms with Crippen molar-refractivity contribution in [3.05, 3.63) is 82.3 Å². The lowest BCUT2D eigenvalue weighted by Crippen LogP contribution is -2.51. The van der Waals surface area contributed by atoms with Crippen LogP contribution in [0.2, 0.25) is 0 Å². The van der Waals surface area contributed by atoms with Crippen LogP contribution in [-0.2, 0) is 10.3 Å². The van der Waals surface area contributed by atoms with Gasteiger partial charge in [-0.15, -0.1) is 0 Å². The summed E-state index contributed by atoms with van der Waals surface area (Å²) in [5.41, 5.74) is 3.36. The van der Waals surface area contributed by atoms with Gasteiger partial charge in [0.1, 0.15) is 17.7 Å². The summed E-state index contributed by atoms with van der Waals surface area (Å²) in [6.45, 7) is 9.80. The van der Waals surface area contributed by atoms with Gasteiger partial charge in [0.2, 0.25) is 5.91 Å². The second-order valence-corrected chi connectivity index (χ2v) is 9.27. The van der Waals surface area contributed by atoms with Crippen LogP contribution in [0.4, 0.5) is 10.2 Å². The number of anilines is 1. The zero-order chi connectivity index (χ0) is 23.2. The van der Waals surface area contributed by atoms with Crippen LogP contribution in [0.25, 0.3) is 0 Å². The molecule has 2 N–H and O–H groups in total. The number of carbonyl (C=O) groups excluding carboxylic acids is 2. The number of benzene rings is 2. The molecule has 7 heteroatoms. The molecular weight excluding hydrogens is 407 g/mol. The van der Waals surface area contributed by atoms with Crippen molar-refractivity contribution in [1.82, 2.24) is 15.1 Å². The molecule has 1 aliphatic rings. The Morgan fingerprint density at radius 3 is 2.44 bits per heavy atom. The molecule has 1 aromatic heterocycles. The number of hydrogen-bond acceptors (Lipinski definition) is 3. The van der Waals surface area contributed by atoms with E-state index in [9.17, 15) is 14.0 Å². The SMILES string of the molecule is Cc1cccc(C(=O)N[C@@H]2C(=O)Nc3c(c(C)nn3C(C)(C)C)[C@@H]2c2ccc(F)cc2)c1. The molecule has 2 atom stereocenters. The van der Waals surface area contributed by atoms with Gasteiger partial charge in [-0.2, -0.15) is 5.10 Å². The Bertz CT molecular complexity index is 1190. The van der Waals surface area contributed by atoms with E-state index in [0.717, 1.165) is 22.4 Å². The average Bonchev–Trinajstić information content (AvgIpc) is 3.05. The van der Waals surface area contributed by atoms with Crippen molar-refractivity contribution in [2.24, 2.45) is 0 Å². The maximum absolute atomic E-state index is 13.7. The summed E-state index contributed by atoms with van der Waals surface area (Å²) in [6, 6.07) is 12.4. The lowest BCUT2D eigenvalue weighted by Gasteiger charge is -2.34. The number of aromatic nitrogens is 2. The smallest absolute Gasteiger partial charge is 0.251 e. The third-order valence-corrected chi connectivity index (χ3v) is 5.71. The summed E-state index contributed by atoms with van der Waals surface area (Å²) in [6.07, 6.45) is 0. The van der Waals surface area contributed by atoms with Crippen LogP contribution < -0.4 is 10.6 Å². The number of nitrogens with one attached hydrogen (secondary N) is 2. The number of amides is 2. The second-order valence-electron chi connectivity index (χ2n) is 9.27. The van der Waals surface area contributed by atoms with Crippen LogP contribution in [0.1, 0.15) is 59.4 Å². The topological polar surface area (TPSA) is 76.0 Å². The number of nitrogens with zero attached hydrogens (tertiary/aromatic N) is 2. The molecule has 0 aliphatic carbocycles. The predicted octanol–water partition coefficient (Wildman–Crippen LogP) is 4.28. The Morgan fingerprint density at radius 1 is 1.12 bits per heavy atom. The van der Waals surface area contributed by atoms with E-state index in [1.165, 1.54) is 12.1 Å². The first-order chi connectivity index (χ1) is 15.1. The summed E-state index contributed by atoms with van der Waals surface area (Å²) < 4.78 is 15.5. The van der Waals surface area contributed by atoms with Gasteiger partial charge in [-0.25, -0.2) is 9.07 Å². The van der Waals surface area contributed by atoms with Crippen molar-refractivity contribution in [3.63, 3.8) is 0 Å². The molecule has 0 bridgehead atoms. The van der Waals surface area contributed by atoms with Crippen molar-refractivity contribution in [1.29, 1.82) is 0 Å². The molecule has 0 saturated carbocycles. The molecule has 1 aliphatic heterocycles. The summed E-state index contributed by atoms with van der Waals surface area (Å²) in [7, 11) is 0. The largest absolute Gasteiger partial charge is 0.339 e. The fraction of sp³-hybridized carbons (Fsp3) is 0.320. The van der Waals surface area contributed by atoms with E-state index < -0.39 is 12.0 Å². The molecule has 0 radical (unpaired) electrons. The first-order valence-electron chi connectivity index (χ1n) is 10.6. The van der Waals surface area contributed by atoms with E-state index >= 15 is 0 Å². The van der Waals surface area contributed by atoms with E-state index in [1.54, 1.807) is 35.0 Å². The van der Waals surface area contributed by atoms with Crippen molar-refractivity contribution >= 4 is 17.6 Å². The highest BCUT2D eigenvalue weighted by Crippen LogP contribution is 2.41. The van der Waals surface area contributed by atoms with Crippen LogP contribution in [0.5, 0.6) is 0 Å². The van der Waals surface area contributed by atoms with Gasteiger partial charge in [-0.1, -0.05) is 29.8 Å². The number of hydrogen-bond donors (Lipinski definition) is 2. The average molecular weight is 435 g/mol. The highest BCUT2D eigenvalue weighted by Gasteiger charge is 2.42. The van der Waals surface area contributed by atoms with Gasteiger partial charge in [0.05, 0.1) is 11.2 Å². The van der Waals surface area contributed by atoms with Gasteiger partial charge in [0.25, 0.3) is 5.91 Å². The van der Waals surface area contributed by atoms with Crippen molar-refractivity contribution in [2.45, 2.75) is 52.1 Å². The molecule has 0 fully saturated rings. The number of rotatable bonds is 3. The maximum atomic E-state index is 13.7. The molecule has 0 spiro atoms. The molecule has 0 saturated heterocycles. The molecule has 2 heterocycles. The zero-order valence-electron chi connectivity index (χ0n) is 18.9. The van der Waals surface area contributed by atoms with Crippen molar-refractivity contribution < 1.29 is 14.0 Å². The Balaban J connectivity index is 1.83. The fourth-order valence-corrected chi connectivity index (χ4v) is 4.22. The van der Waals surface area contributed by atoms with Gasteiger partial charge in [0.15, 0.2) is 0 Å². The quantitative estimate of drug-likeness (QED) is 0.646. The Labute approximate surface area is 186 Å². The van der Waals surface area contributed by atoms with Gasteiger partial charge < -0.3 is 10.6 Å². The summed E-state index contributed by atoms with van der Waals surface area (Å²) in [5.74, 6) is -0.945. The number of aryl methyl sites for hydroxylation is 2. The summed E-state index contributed by atoms with van der Waals surface area (Å²) >= 11 is 0. The Hall–Kier alpha value is -3.48. The molecular formula is C25H27FN4O2. The van der Waals surface area contributed by atoms with Gasteiger partial charge in [-0.3, -0.25) is 9.59 Å². The highest BCUT2D eigenvalue weighted by molar-refractivity contribution is 6.04. The van der Waals surface area contributed by atoms with Gasteiger partial charge in [-0.05, 0) is 64.4 Å². The van der Waals surface area contributed by atoms with Crippen LogP contribution in [0, 0.1) is 19.7 Å². The number of halogens is 1. The van der Waals surface area contributed by atoms with E-state index in [-0.39, 0.29) is 23.2 Å². The van der Waals surface area contributed by atoms with Crippen molar-refractivity contribution in [2.75, 3.05) is 5.32 Å². The van der Waals surface area contributed by atoms with Crippen LogP contribution in [-0.4, -0.2) is 27.6 Å². The number of fused-ring (bicyclic) bond motifs is 1. The van der Waals surface area contributed by atoms with Crippen molar-refractivity contribution in [3.8, 4) is 0 Å². The summed E-state index contributed by atoms with van der Waals surface area (Å²) in [4.78, 5) is 26.3. The zero-order valence-corrected chi connectivity index (χ0v) is 18.9. The third-order valence-electron chi connectivity index (χ3n) is 5.71. The molecule has 4 rings (SSSR count). The van der Waals surface area contributed by atoms with E-state index in [4.69, 9.17) is 0 Å². The predicted molar refractivity (Wildman–Crippen MR) is 121 cm³/mol. The van der Waals surface area contributed by atoms with Gasteiger partial charge >= 0.3 is 0 Å². The highest BCUT2D eigenvalue weighted by atomic mass is 19.1. The lowest BCUT2D eigenvalue weighted by molar-refractivity contribution is -0.118. The summed E-state index contributed by atoms with van der Waals surface area (Å²) in [5, 5.41) is 10.6. The minimum absolute atomic E-state index is 0.335. The van der Waals surface area contributed by atoms with Crippen LogP contribution in [0.3, 0.4) is 0 Å². The normalized spacial score (nSPS) is 18.1. The second kappa shape index (κ2) is 7.89.